The van der Waals surface area contributed by atoms with Crippen molar-refractivity contribution >= 4 is 11.8 Å². The predicted molar refractivity (Wildman–Crippen MR) is 125 cm³/mol. The van der Waals surface area contributed by atoms with E-state index in [1.165, 1.54) is 23.9 Å². The molecule has 1 aromatic heterocycles. The van der Waals surface area contributed by atoms with Crippen LogP contribution in [0.5, 0.6) is 5.75 Å². The molecule has 1 aliphatic rings. The number of aromatic hydroxyl groups is 1. The Labute approximate surface area is 202 Å². The monoisotopic (exact) mass is 491 g/mol. The van der Waals surface area contributed by atoms with Crippen LogP contribution in [0, 0.1) is 23.5 Å². The van der Waals surface area contributed by atoms with Gasteiger partial charge in [0, 0.05) is 37.5 Å². The van der Waals surface area contributed by atoms with Crippen LogP contribution in [0.4, 0.5) is 8.78 Å². The van der Waals surface area contributed by atoms with Crippen LogP contribution in [0.25, 0.3) is 0 Å². The van der Waals surface area contributed by atoms with Crippen LogP contribution in [-0.2, 0) is 17.8 Å². The average Bonchev–Trinajstić information content (AvgIpc) is 2.81. The van der Waals surface area contributed by atoms with Crippen LogP contribution >= 0.6 is 0 Å². The Morgan fingerprint density at radius 3 is 2.51 bits per heavy atom. The summed E-state index contributed by atoms with van der Waals surface area (Å²) in [5.74, 6) is -3.45. The Bertz CT molecular complexity index is 1180. The van der Waals surface area contributed by atoms with Crippen LogP contribution in [0.15, 0.2) is 29.2 Å². The summed E-state index contributed by atoms with van der Waals surface area (Å²) in [7, 11) is 1.47. The Morgan fingerprint density at radius 1 is 1.26 bits per heavy atom. The van der Waals surface area contributed by atoms with Gasteiger partial charge in [-0.2, -0.15) is 0 Å². The molecule has 0 radical (unpaired) electrons. The molecule has 0 bridgehead atoms. The van der Waals surface area contributed by atoms with Crippen molar-refractivity contribution in [3.05, 3.63) is 63.1 Å². The lowest BCUT2D eigenvalue weighted by Gasteiger charge is -2.44. The zero-order valence-corrected chi connectivity index (χ0v) is 20.5. The van der Waals surface area contributed by atoms with E-state index in [2.05, 4.69) is 19.2 Å². The molecule has 0 aliphatic carbocycles. The molecule has 2 unspecified atom stereocenters. The number of ether oxygens (including phenoxy) is 1. The van der Waals surface area contributed by atoms with E-state index in [4.69, 9.17) is 4.74 Å². The minimum atomic E-state index is -1.01. The molecule has 0 fully saturated rings. The van der Waals surface area contributed by atoms with Crippen LogP contribution < -0.4 is 10.7 Å². The number of hydrogen-bond donors (Lipinski definition) is 2. The van der Waals surface area contributed by atoms with Crippen molar-refractivity contribution in [2.45, 2.75) is 59.5 Å². The maximum atomic E-state index is 13.9. The number of carbonyl (C=O) groups is 2. The van der Waals surface area contributed by atoms with Gasteiger partial charge in [-0.05, 0) is 24.3 Å². The summed E-state index contributed by atoms with van der Waals surface area (Å²) in [6.45, 7) is 7.91. The van der Waals surface area contributed by atoms with Crippen molar-refractivity contribution in [1.29, 1.82) is 0 Å². The molecule has 2 N–H and O–H groups in total. The van der Waals surface area contributed by atoms with Gasteiger partial charge in [0.2, 0.25) is 5.43 Å². The van der Waals surface area contributed by atoms with E-state index in [-0.39, 0.29) is 42.2 Å². The molecule has 0 saturated carbocycles. The van der Waals surface area contributed by atoms with Gasteiger partial charge in [-0.15, -0.1) is 0 Å². The standard InChI is InChI=1S/C25H31F2N3O5/c1-6-19(14(4)13(2)3)30-20(35-5)12-29-11-17(22(31)23(32)21(29)25(30)34)24(33)28-10-15-7-8-16(26)9-18(15)27/h7-9,11,13-14,19-20,32H,6,10,12H2,1-5H3,(H,28,33)/t14-,19?,20?/m0/s1. The first-order valence-corrected chi connectivity index (χ1v) is 11.6. The highest BCUT2D eigenvalue weighted by Gasteiger charge is 2.41. The van der Waals surface area contributed by atoms with Crippen LogP contribution in [0.3, 0.4) is 0 Å². The van der Waals surface area contributed by atoms with Crippen molar-refractivity contribution in [3.8, 4) is 5.75 Å². The lowest BCUT2D eigenvalue weighted by Crippen LogP contribution is -2.56. The second-order valence-corrected chi connectivity index (χ2v) is 9.12. The van der Waals surface area contributed by atoms with Gasteiger partial charge in [0.25, 0.3) is 11.8 Å². The molecule has 1 aliphatic heterocycles. The number of amides is 2. The zero-order valence-electron chi connectivity index (χ0n) is 20.5. The molecule has 2 aromatic rings. The molecular formula is C25H31F2N3O5. The summed E-state index contributed by atoms with van der Waals surface area (Å²) < 4.78 is 33.9. The Kier molecular flexibility index (Phi) is 7.94. The molecule has 3 atom stereocenters. The summed E-state index contributed by atoms with van der Waals surface area (Å²) in [6.07, 6.45) is 1.17. The maximum Gasteiger partial charge on any atom is 0.276 e. The molecule has 2 amide bonds. The fourth-order valence-electron chi connectivity index (χ4n) is 4.44. The Morgan fingerprint density at radius 2 is 1.94 bits per heavy atom. The number of aromatic nitrogens is 1. The van der Waals surface area contributed by atoms with E-state index in [9.17, 15) is 28.3 Å². The normalized spacial score (nSPS) is 17.3. The van der Waals surface area contributed by atoms with Crippen LogP contribution in [0.1, 0.15) is 60.5 Å². The highest BCUT2D eigenvalue weighted by atomic mass is 19.1. The van der Waals surface area contributed by atoms with E-state index in [1.807, 2.05) is 13.8 Å². The minimum absolute atomic E-state index is 0.0252. The van der Waals surface area contributed by atoms with E-state index in [0.717, 1.165) is 6.07 Å². The number of nitrogens with one attached hydrogen (secondary N) is 1. The predicted octanol–water partition coefficient (Wildman–Crippen LogP) is 3.26. The van der Waals surface area contributed by atoms with Crippen LogP contribution in [-0.4, -0.2) is 45.8 Å². The SMILES string of the molecule is CCC([C@@H](C)C(C)C)N1C(=O)c2c(O)c(=O)c(C(=O)NCc3ccc(F)cc3F)cn2CC1OC. The summed E-state index contributed by atoms with van der Waals surface area (Å²) in [4.78, 5) is 40.6. The summed E-state index contributed by atoms with van der Waals surface area (Å²) >= 11 is 0. The molecule has 8 nitrogen and oxygen atoms in total. The molecular weight excluding hydrogens is 460 g/mol. The highest BCUT2D eigenvalue weighted by molar-refractivity contribution is 5.99. The minimum Gasteiger partial charge on any atom is -0.503 e. The second-order valence-electron chi connectivity index (χ2n) is 9.12. The number of pyridine rings is 1. The number of halogens is 2. The third kappa shape index (κ3) is 5.07. The molecule has 1 aromatic carbocycles. The molecule has 10 heteroatoms. The first kappa shape index (κ1) is 26.3. The second kappa shape index (κ2) is 10.6. The molecule has 0 saturated heterocycles. The van der Waals surface area contributed by atoms with Crippen LogP contribution in [0.2, 0.25) is 0 Å². The highest BCUT2D eigenvalue weighted by Crippen LogP contribution is 2.31. The summed E-state index contributed by atoms with van der Waals surface area (Å²) in [5.41, 5.74) is -1.61. The van der Waals surface area contributed by atoms with Gasteiger partial charge in [0.15, 0.2) is 17.7 Å². The fraction of sp³-hybridized carbons (Fsp3) is 0.480. The van der Waals surface area contributed by atoms with E-state index >= 15 is 0 Å². The first-order chi connectivity index (χ1) is 16.5. The molecule has 35 heavy (non-hydrogen) atoms. The van der Waals surface area contributed by atoms with Gasteiger partial charge < -0.3 is 24.6 Å². The fourth-order valence-corrected chi connectivity index (χ4v) is 4.44. The number of benzene rings is 1. The number of rotatable bonds is 8. The van der Waals surface area contributed by atoms with E-state index < -0.39 is 46.4 Å². The number of hydrogen-bond acceptors (Lipinski definition) is 5. The number of fused-ring (bicyclic) bond motifs is 1. The van der Waals surface area contributed by atoms with Crippen molar-refractivity contribution in [2.24, 2.45) is 11.8 Å². The molecule has 190 valence electrons. The lowest BCUT2D eigenvalue weighted by atomic mass is 9.87. The van der Waals surface area contributed by atoms with Crippen molar-refractivity contribution in [2.75, 3.05) is 7.11 Å². The van der Waals surface area contributed by atoms with Gasteiger partial charge >= 0.3 is 0 Å². The topological polar surface area (TPSA) is 101 Å². The van der Waals surface area contributed by atoms with E-state index in [0.29, 0.717) is 12.5 Å². The number of methoxy groups -OCH3 is 1. The van der Waals surface area contributed by atoms with Gasteiger partial charge in [0.1, 0.15) is 17.2 Å². The zero-order chi connectivity index (χ0) is 26.0. The summed E-state index contributed by atoms with van der Waals surface area (Å²) in [5, 5.41) is 13.1. The number of nitrogens with zero attached hydrogens (tertiary/aromatic N) is 2. The van der Waals surface area contributed by atoms with Crippen molar-refractivity contribution in [3.63, 3.8) is 0 Å². The van der Waals surface area contributed by atoms with Crippen molar-refractivity contribution in [1.82, 2.24) is 14.8 Å². The maximum absolute atomic E-state index is 13.9. The molecule has 3 rings (SSSR count). The number of carbonyl (C=O) groups excluding carboxylic acids is 2. The quantitative estimate of drug-likeness (QED) is 0.591. The average molecular weight is 492 g/mol. The smallest absolute Gasteiger partial charge is 0.276 e. The van der Waals surface area contributed by atoms with Gasteiger partial charge in [-0.25, -0.2) is 8.78 Å². The van der Waals surface area contributed by atoms with E-state index in [1.54, 1.807) is 4.90 Å². The Hall–Kier alpha value is -3.27. The van der Waals surface area contributed by atoms with Gasteiger partial charge in [-0.3, -0.25) is 14.4 Å². The third-order valence-corrected chi connectivity index (χ3v) is 6.76. The molecule has 0 spiro atoms. The summed E-state index contributed by atoms with van der Waals surface area (Å²) in [6, 6.07) is 2.73. The third-order valence-electron chi connectivity index (χ3n) is 6.76. The van der Waals surface area contributed by atoms with Gasteiger partial charge in [-0.1, -0.05) is 33.8 Å². The van der Waals surface area contributed by atoms with Gasteiger partial charge in [0.05, 0.1) is 6.54 Å². The lowest BCUT2D eigenvalue weighted by molar-refractivity contribution is -0.0691. The largest absolute Gasteiger partial charge is 0.503 e. The first-order valence-electron chi connectivity index (χ1n) is 11.6. The van der Waals surface area contributed by atoms with Crippen molar-refractivity contribution < 1.29 is 28.2 Å². The Balaban J connectivity index is 1.95. The molecule has 2 heterocycles.